The molecule has 0 atom stereocenters. The molecule has 0 unspecified atom stereocenters. The van der Waals surface area contributed by atoms with E-state index in [0.717, 1.165) is 22.6 Å². The van der Waals surface area contributed by atoms with Crippen molar-refractivity contribution in [3.63, 3.8) is 0 Å². The van der Waals surface area contributed by atoms with Crippen molar-refractivity contribution >= 4 is 0 Å². The first-order valence-electron chi connectivity index (χ1n) is 5.91. The highest BCUT2D eigenvalue weighted by atomic mass is 16.5. The van der Waals surface area contributed by atoms with E-state index in [0.29, 0.717) is 5.88 Å². The Morgan fingerprint density at radius 2 is 2.00 bits per heavy atom. The second-order valence-electron chi connectivity index (χ2n) is 4.52. The summed E-state index contributed by atoms with van der Waals surface area (Å²) in [4.78, 5) is 0. The molecule has 0 radical (unpaired) electrons. The van der Waals surface area contributed by atoms with E-state index in [1.807, 2.05) is 40.0 Å². The first kappa shape index (κ1) is 12.6. The molecule has 0 amide bonds. The van der Waals surface area contributed by atoms with Crippen LogP contribution in [0.5, 0.6) is 11.6 Å². The summed E-state index contributed by atoms with van der Waals surface area (Å²) in [5.41, 5.74) is 3.79. The molecule has 0 aliphatic carbocycles. The van der Waals surface area contributed by atoms with Crippen molar-refractivity contribution in [1.29, 1.82) is 0 Å². The van der Waals surface area contributed by atoms with Crippen LogP contribution in [0, 0.1) is 20.8 Å². The molecule has 4 nitrogen and oxygen atoms in total. The zero-order valence-electron chi connectivity index (χ0n) is 11.2. The first-order chi connectivity index (χ1) is 8.52. The highest BCUT2D eigenvalue weighted by molar-refractivity contribution is 5.40. The smallest absolute Gasteiger partial charge is 0.223 e. The first-order valence-corrected chi connectivity index (χ1v) is 5.91. The van der Waals surface area contributed by atoms with Crippen LogP contribution in [-0.2, 0) is 13.7 Å². The summed E-state index contributed by atoms with van der Waals surface area (Å²) >= 11 is 0. The number of ether oxygens (including phenoxy) is 1. The molecule has 96 valence electrons. The summed E-state index contributed by atoms with van der Waals surface area (Å²) in [6.45, 7) is 5.84. The number of aryl methyl sites for hydroxylation is 4. The third-order valence-electron chi connectivity index (χ3n) is 2.98. The van der Waals surface area contributed by atoms with Gasteiger partial charge in [-0.25, -0.2) is 4.68 Å². The van der Waals surface area contributed by atoms with Crippen molar-refractivity contribution < 1.29 is 9.84 Å². The fraction of sp³-hybridized carbons (Fsp3) is 0.357. The molecule has 0 aliphatic rings. The Labute approximate surface area is 107 Å². The van der Waals surface area contributed by atoms with Crippen LogP contribution in [0.3, 0.4) is 0 Å². The minimum absolute atomic E-state index is 0.0695. The van der Waals surface area contributed by atoms with Gasteiger partial charge in [-0.3, -0.25) is 0 Å². The highest BCUT2D eigenvalue weighted by Crippen LogP contribution is 2.29. The highest BCUT2D eigenvalue weighted by Gasteiger charge is 2.15. The van der Waals surface area contributed by atoms with Crippen molar-refractivity contribution in [1.82, 2.24) is 9.78 Å². The SMILES string of the molecule is Cc1ccc(Oc2c(CO)c(C)nn2C)c(C)c1. The van der Waals surface area contributed by atoms with E-state index >= 15 is 0 Å². The molecule has 2 rings (SSSR count). The third-order valence-corrected chi connectivity index (χ3v) is 2.98. The summed E-state index contributed by atoms with van der Waals surface area (Å²) in [5.74, 6) is 1.39. The van der Waals surface area contributed by atoms with Crippen LogP contribution in [0.1, 0.15) is 22.4 Å². The number of nitrogens with zero attached hydrogens (tertiary/aromatic N) is 2. The molecular weight excluding hydrogens is 228 g/mol. The molecule has 0 aliphatic heterocycles. The van der Waals surface area contributed by atoms with Gasteiger partial charge < -0.3 is 9.84 Å². The Bertz CT molecular complexity index is 573. The fourth-order valence-electron chi connectivity index (χ4n) is 2.01. The monoisotopic (exact) mass is 246 g/mol. The predicted molar refractivity (Wildman–Crippen MR) is 69.9 cm³/mol. The van der Waals surface area contributed by atoms with Crippen LogP contribution in [-0.4, -0.2) is 14.9 Å². The molecule has 0 bridgehead atoms. The standard InChI is InChI=1S/C14H18N2O2/c1-9-5-6-13(10(2)7-9)18-14-12(8-17)11(3)15-16(14)4/h5-7,17H,8H2,1-4H3. The van der Waals surface area contributed by atoms with E-state index in [9.17, 15) is 5.11 Å². The molecule has 0 saturated heterocycles. The average Bonchev–Trinajstić information content (AvgIpc) is 2.57. The Morgan fingerprint density at radius 3 is 2.61 bits per heavy atom. The van der Waals surface area contributed by atoms with E-state index in [-0.39, 0.29) is 6.61 Å². The molecular formula is C14H18N2O2. The maximum absolute atomic E-state index is 9.37. The Morgan fingerprint density at radius 1 is 1.28 bits per heavy atom. The number of hydrogen-bond donors (Lipinski definition) is 1. The largest absolute Gasteiger partial charge is 0.439 e. The Hall–Kier alpha value is -1.81. The zero-order chi connectivity index (χ0) is 13.3. The summed E-state index contributed by atoms with van der Waals surface area (Å²) in [7, 11) is 1.81. The lowest BCUT2D eigenvalue weighted by molar-refractivity contribution is 0.274. The van der Waals surface area contributed by atoms with Gasteiger partial charge in [0, 0.05) is 7.05 Å². The van der Waals surface area contributed by atoms with Gasteiger partial charge in [0.05, 0.1) is 17.9 Å². The van der Waals surface area contributed by atoms with E-state index in [1.165, 1.54) is 5.56 Å². The van der Waals surface area contributed by atoms with Gasteiger partial charge in [0.1, 0.15) is 5.75 Å². The predicted octanol–water partition coefficient (Wildman–Crippen LogP) is 2.63. The van der Waals surface area contributed by atoms with Gasteiger partial charge in [0.15, 0.2) is 0 Å². The van der Waals surface area contributed by atoms with Crippen LogP contribution in [0.2, 0.25) is 0 Å². The minimum atomic E-state index is -0.0695. The second-order valence-corrected chi connectivity index (χ2v) is 4.52. The minimum Gasteiger partial charge on any atom is -0.439 e. The molecule has 1 aromatic carbocycles. The normalized spacial score (nSPS) is 10.7. The molecule has 1 heterocycles. The molecule has 2 aromatic rings. The molecule has 4 heteroatoms. The zero-order valence-corrected chi connectivity index (χ0v) is 11.2. The number of aromatic nitrogens is 2. The average molecular weight is 246 g/mol. The maximum atomic E-state index is 9.37. The van der Waals surface area contributed by atoms with Gasteiger partial charge in [-0.1, -0.05) is 17.7 Å². The van der Waals surface area contributed by atoms with Gasteiger partial charge in [-0.05, 0) is 32.4 Å². The fourth-order valence-corrected chi connectivity index (χ4v) is 2.01. The van der Waals surface area contributed by atoms with E-state index in [4.69, 9.17) is 4.74 Å². The Balaban J connectivity index is 2.39. The van der Waals surface area contributed by atoms with Gasteiger partial charge in [-0.2, -0.15) is 5.10 Å². The number of rotatable bonds is 3. The molecule has 0 saturated carbocycles. The van der Waals surface area contributed by atoms with Crippen molar-refractivity contribution in [3.05, 3.63) is 40.6 Å². The lowest BCUT2D eigenvalue weighted by Gasteiger charge is -2.10. The lowest BCUT2D eigenvalue weighted by Crippen LogP contribution is -1.98. The number of aliphatic hydroxyl groups excluding tert-OH is 1. The van der Waals surface area contributed by atoms with E-state index < -0.39 is 0 Å². The summed E-state index contributed by atoms with van der Waals surface area (Å²) in [5, 5.41) is 13.6. The van der Waals surface area contributed by atoms with Crippen LogP contribution >= 0.6 is 0 Å². The van der Waals surface area contributed by atoms with Gasteiger partial charge >= 0.3 is 0 Å². The summed E-state index contributed by atoms with van der Waals surface area (Å²) in [6.07, 6.45) is 0. The van der Waals surface area contributed by atoms with Gasteiger partial charge in [0.25, 0.3) is 0 Å². The topological polar surface area (TPSA) is 47.3 Å². The molecule has 0 fully saturated rings. The van der Waals surface area contributed by atoms with Gasteiger partial charge in [-0.15, -0.1) is 0 Å². The van der Waals surface area contributed by atoms with Crippen LogP contribution in [0.25, 0.3) is 0 Å². The van der Waals surface area contributed by atoms with E-state index in [1.54, 1.807) is 4.68 Å². The van der Waals surface area contributed by atoms with Crippen LogP contribution in [0.15, 0.2) is 18.2 Å². The third kappa shape index (κ3) is 2.24. The molecule has 1 N–H and O–H groups in total. The Kier molecular flexibility index (Phi) is 3.39. The van der Waals surface area contributed by atoms with Gasteiger partial charge in [0.2, 0.25) is 5.88 Å². The van der Waals surface area contributed by atoms with Crippen molar-refractivity contribution in [2.24, 2.45) is 7.05 Å². The van der Waals surface area contributed by atoms with E-state index in [2.05, 4.69) is 11.2 Å². The quantitative estimate of drug-likeness (QED) is 0.905. The van der Waals surface area contributed by atoms with Crippen molar-refractivity contribution in [2.45, 2.75) is 27.4 Å². The number of aliphatic hydroxyl groups is 1. The van der Waals surface area contributed by atoms with Crippen LogP contribution in [0.4, 0.5) is 0 Å². The van der Waals surface area contributed by atoms with Crippen molar-refractivity contribution in [2.75, 3.05) is 0 Å². The van der Waals surface area contributed by atoms with Crippen molar-refractivity contribution in [3.8, 4) is 11.6 Å². The maximum Gasteiger partial charge on any atom is 0.223 e. The summed E-state index contributed by atoms with van der Waals surface area (Å²) in [6, 6.07) is 6.01. The molecule has 0 spiro atoms. The summed E-state index contributed by atoms with van der Waals surface area (Å²) < 4.78 is 7.53. The number of hydrogen-bond acceptors (Lipinski definition) is 3. The molecule has 1 aromatic heterocycles. The van der Waals surface area contributed by atoms with Crippen LogP contribution < -0.4 is 4.74 Å². The number of benzene rings is 1. The lowest BCUT2D eigenvalue weighted by atomic mass is 10.1. The second kappa shape index (κ2) is 4.82. The molecule has 18 heavy (non-hydrogen) atoms.